The predicted molar refractivity (Wildman–Crippen MR) is 143 cm³/mol. The molecule has 8 heteroatoms. The summed E-state index contributed by atoms with van der Waals surface area (Å²) in [4.78, 5) is 12.2. The van der Waals surface area contributed by atoms with Gasteiger partial charge in [0.05, 0.1) is 6.10 Å². The molecule has 4 rings (SSSR count). The van der Waals surface area contributed by atoms with Crippen molar-refractivity contribution in [3.8, 4) is 0 Å². The molecule has 4 aliphatic rings. The molecule has 4 aliphatic carbocycles. The normalized spacial score (nSPS) is 39.2. The van der Waals surface area contributed by atoms with Gasteiger partial charge in [-0.1, -0.05) is 52.3 Å². The molecule has 6 nitrogen and oxygen atoms in total. The maximum Gasteiger partial charge on any atom is 1.00 e. The second-order valence-electron chi connectivity index (χ2n) is 13.4. The maximum absolute atomic E-state index is 12.2. The van der Waals surface area contributed by atoms with Crippen molar-refractivity contribution in [2.75, 3.05) is 0 Å². The van der Waals surface area contributed by atoms with E-state index in [2.05, 4.69) is 47.3 Å². The Labute approximate surface area is 253 Å². The molecule has 0 aromatic carbocycles. The molecule has 0 N–H and O–H groups in total. The van der Waals surface area contributed by atoms with E-state index in [9.17, 15) is 17.8 Å². The van der Waals surface area contributed by atoms with E-state index in [1.54, 1.807) is 0 Å². The summed E-state index contributed by atoms with van der Waals surface area (Å²) in [6.07, 6.45) is 9.79. The molecule has 38 heavy (non-hydrogen) atoms. The van der Waals surface area contributed by atoms with Gasteiger partial charge in [-0.3, -0.25) is 8.98 Å². The van der Waals surface area contributed by atoms with Crippen LogP contribution in [0.25, 0.3) is 0 Å². The largest absolute Gasteiger partial charge is 1.00 e. The number of esters is 1. The Bertz CT molecular complexity index is 1040. The molecular formula is C30H47NaO6S. The summed E-state index contributed by atoms with van der Waals surface area (Å²) in [7, 11) is -4.75. The zero-order valence-electron chi connectivity index (χ0n) is 24.6. The van der Waals surface area contributed by atoms with Gasteiger partial charge >= 0.3 is 35.5 Å². The van der Waals surface area contributed by atoms with Gasteiger partial charge in [0.25, 0.3) is 0 Å². The predicted octanol–water partition coefficient (Wildman–Crippen LogP) is 3.58. The monoisotopic (exact) mass is 558 g/mol. The van der Waals surface area contributed by atoms with E-state index >= 15 is 0 Å². The van der Waals surface area contributed by atoms with Crippen LogP contribution in [0, 0.1) is 46.3 Å². The Morgan fingerprint density at radius 1 is 1.13 bits per heavy atom. The summed E-state index contributed by atoms with van der Waals surface area (Å²) in [5, 5.41) is 0. The average molecular weight is 559 g/mol. The van der Waals surface area contributed by atoms with Crippen LogP contribution in [0.2, 0.25) is 0 Å². The van der Waals surface area contributed by atoms with Crippen molar-refractivity contribution in [2.45, 2.75) is 112 Å². The van der Waals surface area contributed by atoms with Gasteiger partial charge in [0, 0.05) is 12.8 Å². The smallest absolute Gasteiger partial charge is 0.726 e. The van der Waals surface area contributed by atoms with Gasteiger partial charge in [0.1, 0.15) is 6.10 Å². The minimum atomic E-state index is -4.75. The van der Waals surface area contributed by atoms with Gasteiger partial charge in [-0.15, -0.1) is 0 Å². The standard InChI is InChI=1S/C30H48O6S.Na/c1-18(2)19(3)8-9-20(4)24-10-11-25-28-26(13-15-30(24,25)7)29(6)14-12-23(36-37(32,33)34)16-22(29)17-27(28)35-21(5)31;/h17-18,20,23-28H,3,8-16H2,1-2,4-7H3,(H,32,33,34);/q;+1/p-1/t20?,23-,24?,25?,26?,27-,28?,29-,30+;/m0./s1. The van der Waals surface area contributed by atoms with Crippen molar-refractivity contribution in [3.63, 3.8) is 0 Å². The minimum absolute atomic E-state index is 0. The number of hydrogen-bond donors (Lipinski definition) is 0. The first kappa shape index (κ1) is 32.3. The third kappa shape index (κ3) is 6.33. The van der Waals surface area contributed by atoms with Crippen molar-refractivity contribution >= 4 is 16.4 Å². The Hall–Kier alpha value is -0.180. The number of fused-ring (bicyclic) bond motifs is 5. The van der Waals surface area contributed by atoms with Gasteiger partial charge in [0.15, 0.2) is 0 Å². The minimum Gasteiger partial charge on any atom is -0.726 e. The summed E-state index contributed by atoms with van der Waals surface area (Å²) < 4.78 is 44.7. The molecule has 210 valence electrons. The van der Waals surface area contributed by atoms with Crippen LogP contribution in [0.15, 0.2) is 23.8 Å². The molecule has 0 aliphatic heterocycles. The fourth-order valence-electron chi connectivity index (χ4n) is 9.02. The van der Waals surface area contributed by atoms with Crippen LogP contribution in [0.1, 0.15) is 99.3 Å². The molecule has 0 amide bonds. The van der Waals surface area contributed by atoms with Crippen molar-refractivity contribution in [2.24, 2.45) is 46.3 Å². The topological polar surface area (TPSA) is 92.7 Å². The first-order valence-corrected chi connectivity index (χ1v) is 15.7. The Morgan fingerprint density at radius 3 is 2.42 bits per heavy atom. The molecule has 0 aromatic rings. The Kier molecular flexibility index (Phi) is 10.2. The van der Waals surface area contributed by atoms with Crippen molar-refractivity contribution in [1.82, 2.24) is 0 Å². The van der Waals surface area contributed by atoms with E-state index in [0.29, 0.717) is 42.4 Å². The third-order valence-corrected chi connectivity index (χ3v) is 11.6. The Morgan fingerprint density at radius 2 is 1.82 bits per heavy atom. The van der Waals surface area contributed by atoms with Gasteiger partial charge in [-0.25, -0.2) is 8.42 Å². The summed E-state index contributed by atoms with van der Waals surface area (Å²) >= 11 is 0. The van der Waals surface area contributed by atoms with E-state index in [0.717, 1.165) is 31.3 Å². The molecule has 0 saturated heterocycles. The molecule has 3 saturated carbocycles. The van der Waals surface area contributed by atoms with Crippen LogP contribution in [-0.2, 0) is 24.1 Å². The van der Waals surface area contributed by atoms with Crippen molar-refractivity contribution in [3.05, 3.63) is 23.8 Å². The van der Waals surface area contributed by atoms with E-state index in [4.69, 9.17) is 8.92 Å². The first-order valence-electron chi connectivity index (χ1n) is 14.4. The van der Waals surface area contributed by atoms with Gasteiger partial charge < -0.3 is 9.29 Å². The van der Waals surface area contributed by atoms with E-state index in [1.807, 2.05) is 0 Å². The number of ether oxygens (including phenoxy) is 1. The molecule has 9 atom stereocenters. The molecule has 0 spiro atoms. The number of allylic oxidation sites excluding steroid dienone is 1. The van der Waals surface area contributed by atoms with Crippen LogP contribution in [0.5, 0.6) is 0 Å². The summed E-state index contributed by atoms with van der Waals surface area (Å²) in [5.74, 6) is 2.65. The van der Waals surface area contributed by atoms with E-state index in [-0.39, 0.29) is 58.4 Å². The Balaban J connectivity index is 0.00000400. The zero-order valence-corrected chi connectivity index (χ0v) is 27.4. The van der Waals surface area contributed by atoms with Crippen LogP contribution >= 0.6 is 0 Å². The first-order chi connectivity index (χ1) is 17.2. The molecule has 3 fully saturated rings. The van der Waals surface area contributed by atoms with Crippen LogP contribution < -0.4 is 29.6 Å². The quantitative estimate of drug-likeness (QED) is 0.149. The summed E-state index contributed by atoms with van der Waals surface area (Å²) in [6, 6.07) is 0. The average Bonchev–Trinajstić information content (AvgIpc) is 3.13. The summed E-state index contributed by atoms with van der Waals surface area (Å²) in [6.45, 7) is 17.4. The molecule has 0 radical (unpaired) electrons. The van der Waals surface area contributed by atoms with Crippen molar-refractivity contribution in [1.29, 1.82) is 0 Å². The SMILES string of the molecule is C=C(CCC(C)C1CCC2C3C(CC[C@]12C)[C@@]1(C)CC[C@H](OS(=O)(=O)[O-])CC1=C[C@@H]3OC(C)=O)C(C)C.[Na+]. The fraction of sp³-hybridized carbons (Fsp3) is 0.833. The van der Waals surface area contributed by atoms with Gasteiger partial charge in [0.2, 0.25) is 10.4 Å². The summed E-state index contributed by atoms with van der Waals surface area (Å²) in [5.41, 5.74) is 2.57. The van der Waals surface area contributed by atoms with Crippen LogP contribution in [0.3, 0.4) is 0 Å². The molecule has 0 aromatic heterocycles. The number of hydrogen-bond acceptors (Lipinski definition) is 6. The zero-order chi connectivity index (χ0) is 27.3. The molecule has 0 bridgehead atoms. The van der Waals surface area contributed by atoms with Crippen LogP contribution in [0.4, 0.5) is 0 Å². The third-order valence-electron chi connectivity index (χ3n) is 11.1. The van der Waals surface area contributed by atoms with E-state index < -0.39 is 16.5 Å². The second-order valence-corrected chi connectivity index (χ2v) is 14.4. The fourth-order valence-corrected chi connectivity index (χ4v) is 9.52. The maximum atomic E-state index is 12.2. The van der Waals surface area contributed by atoms with Gasteiger partial charge in [-0.2, -0.15) is 0 Å². The number of rotatable bonds is 8. The van der Waals surface area contributed by atoms with Crippen molar-refractivity contribution < 1.29 is 56.2 Å². The molecule has 5 unspecified atom stereocenters. The number of carbonyl (C=O) groups is 1. The van der Waals surface area contributed by atoms with Gasteiger partial charge in [-0.05, 0) is 104 Å². The molecular weight excluding hydrogens is 511 g/mol. The second kappa shape index (κ2) is 12.0. The van der Waals surface area contributed by atoms with E-state index in [1.165, 1.54) is 31.8 Å². The molecule has 0 heterocycles. The number of carbonyl (C=O) groups excluding carboxylic acids is 1. The van der Waals surface area contributed by atoms with Crippen LogP contribution in [-0.4, -0.2) is 31.1 Å².